The molecule has 0 radical (unpaired) electrons. The standard InChI is InChI=1S/C17H15ClF3N5O2/c1-8(9-3-5-10(18)6-4-9)22-16(27)24-12-7-11-13(15(28-2)26-25-11)14(23-12)17(19,20)21/h3-8H,1-2H3,(H,25,26)(H2,22,23,24,27)/t8-/m1/s1. The predicted octanol–water partition coefficient (Wildman–Crippen LogP) is 4.52. The van der Waals surface area contributed by atoms with Crippen molar-refractivity contribution in [2.45, 2.75) is 19.1 Å². The van der Waals surface area contributed by atoms with Crippen molar-refractivity contribution in [3.05, 3.63) is 46.6 Å². The summed E-state index contributed by atoms with van der Waals surface area (Å²) in [4.78, 5) is 15.7. The smallest absolute Gasteiger partial charge is 0.434 e. The van der Waals surface area contributed by atoms with Crippen LogP contribution in [-0.4, -0.2) is 28.3 Å². The maximum Gasteiger partial charge on any atom is 0.434 e. The molecule has 148 valence electrons. The Labute approximate surface area is 162 Å². The Bertz CT molecular complexity index is 1000. The molecule has 2 aromatic heterocycles. The van der Waals surface area contributed by atoms with Crippen LogP contribution < -0.4 is 15.4 Å². The number of hydrogen-bond acceptors (Lipinski definition) is 4. The van der Waals surface area contributed by atoms with Crippen LogP contribution in [0.3, 0.4) is 0 Å². The van der Waals surface area contributed by atoms with Gasteiger partial charge in [-0.15, -0.1) is 5.10 Å². The molecule has 0 saturated heterocycles. The maximum absolute atomic E-state index is 13.4. The number of methoxy groups -OCH3 is 1. The number of nitrogens with one attached hydrogen (secondary N) is 3. The van der Waals surface area contributed by atoms with Gasteiger partial charge in [-0.25, -0.2) is 9.78 Å². The van der Waals surface area contributed by atoms with E-state index < -0.39 is 23.9 Å². The number of carbonyl (C=O) groups excluding carboxylic acids is 1. The first-order valence-corrected chi connectivity index (χ1v) is 8.40. The first kappa shape index (κ1) is 19.7. The lowest BCUT2D eigenvalue weighted by Gasteiger charge is -2.16. The number of hydrogen-bond donors (Lipinski definition) is 3. The summed E-state index contributed by atoms with van der Waals surface area (Å²) in [6.45, 7) is 1.72. The minimum absolute atomic E-state index is 0.0280. The lowest BCUT2D eigenvalue weighted by molar-refractivity contribution is -0.139. The third-order valence-corrected chi connectivity index (χ3v) is 4.18. The summed E-state index contributed by atoms with van der Waals surface area (Å²) in [5.41, 5.74) is -0.408. The van der Waals surface area contributed by atoms with Gasteiger partial charge in [-0.2, -0.15) is 13.2 Å². The van der Waals surface area contributed by atoms with Crippen LogP contribution in [0.25, 0.3) is 10.9 Å². The Balaban J connectivity index is 1.83. The van der Waals surface area contributed by atoms with Gasteiger partial charge in [-0.1, -0.05) is 23.7 Å². The van der Waals surface area contributed by atoms with Gasteiger partial charge in [0.25, 0.3) is 0 Å². The van der Waals surface area contributed by atoms with Crippen molar-refractivity contribution in [1.29, 1.82) is 0 Å². The predicted molar refractivity (Wildman–Crippen MR) is 97.5 cm³/mol. The highest BCUT2D eigenvalue weighted by atomic mass is 35.5. The van der Waals surface area contributed by atoms with Crippen LogP contribution in [-0.2, 0) is 6.18 Å². The first-order valence-electron chi connectivity index (χ1n) is 8.02. The lowest BCUT2D eigenvalue weighted by atomic mass is 10.1. The summed E-state index contributed by atoms with van der Waals surface area (Å²) < 4.78 is 45.0. The average Bonchev–Trinajstić information content (AvgIpc) is 3.03. The SMILES string of the molecule is COc1n[nH]c2cc(NC(=O)N[C@H](C)c3ccc(Cl)cc3)nc(C(F)(F)F)c12. The second-order valence-corrected chi connectivity index (χ2v) is 6.32. The Hall–Kier alpha value is -3.01. The molecule has 0 unspecified atom stereocenters. The summed E-state index contributed by atoms with van der Waals surface area (Å²) in [5, 5.41) is 11.3. The van der Waals surface area contributed by atoms with Crippen molar-refractivity contribution in [2.24, 2.45) is 0 Å². The molecular formula is C17H15ClF3N5O2. The van der Waals surface area contributed by atoms with Crippen LogP contribution in [0.4, 0.5) is 23.8 Å². The van der Waals surface area contributed by atoms with Crippen molar-refractivity contribution < 1.29 is 22.7 Å². The van der Waals surface area contributed by atoms with Crippen molar-refractivity contribution in [3.8, 4) is 5.88 Å². The van der Waals surface area contributed by atoms with Gasteiger partial charge in [0.1, 0.15) is 5.82 Å². The Morgan fingerprint density at radius 3 is 2.57 bits per heavy atom. The molecule has 0 bridgehead atoms. The van der Waals surface area contributed by atoms with Gasteiger partial charge in [0, 0.05) is 11.1 Å². The molecule has 3 aromatic rings. The number of urea groups is 1. The summed E-state index contributed by atoms with van der Waals surface area (Å²) >= 11 is 5.82. The van der Waals surface area contributed by atoms with E-state index in [4.69, 9.17) is 16.3 Å². The number of carbonyl (C=O) groups is 1. The molecule has 0 spiro atoms. The number of nitrogens with zero attached hydrogens (tertiary/aromatic N) is 2. The summed E-state index contributed by atoms with van der Waals surface area (Å²) in [5.74, 6) is -0.519. The monoisotopic (exact) mass is 413 g/mol. The van der Waals surface area contributed by atoms with Gasteiger partial charge in [0.2, 0.25) is 5.88 Å². The molecular weight excluding hydrogens is 399 g/mol. The van der Waals surface area contributed by atoms with Crippen LogP contribution >= 0.6 is 11.6 Å². The van der Waals surface area contributed by atoms with E-state index in [1.807, 2.05) is 0 Å². The molecule has 1 atom stereocenters. The van der Waals surface area contributed by atoms with E-state index in [0.29, 0.717) is 5.02 Å². The lowest BCUT2D eigenvalue weighted by Crippen LogP contribution is -2.31. The van der Waals surface area contributed by atoms with Crippen LogP contribution in [0.5, 0.6) is 5.88 Å². The number of halogens is 4. The number of alkyl halides is 3. The van der Waals surface area contributed by atoms with Crippen molar-refractivity contribution in [3.63, 3.8) is 0 Å². The summed E-state index contributed by atoms with van der Waals surface area (Å²) in [6, 6.07) is 6.93. The third-order valence-electron chi connectivity index (χ3n) is 3.93. The number of amides is 2. The quantitative estimate of drug-likeness (QED) is 0.586. The summed E-state index contributed by atoms with van der Waals surface area (Å²) in [6.07, 6.45) is -4.76. The Morgan fingerprint density at radius 2 is 1.96 bits per heavy atom. The highest BCUT2D eigenvalue weighted by Gasteiger charge is 2.37. The van der Waals surface area contributed by atoms with Gasteiger partial charge in [-0.05, 0) is 24.6 Å². The topological polar surface area (TPSA) is 91.9 Å². The molecule has 3 rings (SSSR count). The minimum Gasteiger partial charge on any atom is -0.479 e. The van der Waals surface area contributed by atoms with Gasteiger partial charge in [0.15, 0.2) is 5.69 Å². The highest BCUT2D eigenvalue weighted by molar-refractivity contribution is 6.30. The number of benzene rings is 1. The molecule has 0 aliphatic heterocycles. The highest BCUT2D eigenvalue weighted by Crippen LogP contribution is 2.37. The molecule has 2 heterocycles. The number of aromatic amines is 1. The number of anilines is 1. The van der Waals surface area contributed by atoms with Gasteiger partial charge in [0.05, 0.1) is 24.1 Å². The zero-order valence-corrected chi connectivity index (χ0v) is 15.4. The van der Waals surface area contributed by atoms with E-state index in [-0.39, 0.29) is 22.6 Å². The fourth-order valence-electron chi connectivity index (χ4n) is 2.62. The average molecular weight is 414 g/mol. The molecule has 0 aliphatic rings. The zero-order chi connectivity index (χ0) is 20.5. The largest absolute Gasteiger partial charge is 0.479 e. The van der Waals surface area contributed by atoms with Crippen molar-refractivity contribution in [2.75, 3.05) is 12.4 Å². The molecule has 0 fully saturated rings. The minimum atomic E-state index is -4.76. The number of rotatable bonds is 4. The normalized spacial score (nSPS) is 12.6. The van der Waals surface area contributed by atoms with E-state index >= 15 is 0 Å². The second-order valence-electron chi connectivity index (χ2n) is 5.88. The fourth-order valence-corrected chi connectivity index (χ4v) is 2.74. The molecule has 3 N–H and O–H groups in total. The van der Waals surface area contributed by atoms with Gasteiger partial charge in [-0.3, -0.25) is 10.4 Å². The maximum atomic E-state index is 13.4. The van der Waals surface area contributed by atoms with E-state index in [1.54, 1.807) is 31.2 Å². The zero-order valence-electron chi connectivity index (χ0n) is 14.7. The molecule has 7 nitrogen and oxygen atoms in total. The van der Waals surface area contributed by atoms with E-state index in [2.05, 4.69) is 25.8 Å². The molecule has 2 amide bonds. The number of ether oxygens (including phenoxy) is 1. The first-order chi connectivity index (χ1) is 13.2. The van der Waals surface area contributed by atoms with Gasteiger partial charge >= 0.3 is 12.2 Å². The van der Waals surface area contributed by atoms with E-state index in [9.17, 15) is 18.0 Å². The molecule has 0 saturated carbocycles. The fraction of sp³-hybridized carbons (Fsp3) is 0.235. The Morgan fingerprint density at radius 1 is 1.29 bits per heavy atom. The number of fused-ring (bicyclic) bond motifs is 1. The number of aromatic nitrogens is 3. The van der Waals surface area contributed by atoms with Crippen molar-refractivity contribution in [1.82, 2.24) is 20.5 Å². The molecule has 1 aromatic carbocycles. The third kappa shape index (κ3) is 4.11. The summed E-state index contributed by atoms with van der Waals surface area (Å²) in [7, 11) is 1.20. The second kappa shape index (κ2) is 7.55. The number of pyridine rings is 1. The van der Waals surface area contributed by atoms with Crippen molar-refractivity contribution >= 4 is 34.4 Å². The van der Waals surface area contributed by atoms with Crippen LogP contribution in [0.1, 0.15) is 24.2 Å². The van der Waals surface area contributed by atoms with Crippen LogP contribution in [0, 0.1) is 0 Å². The van der Waals surface area contributed by atoms with E-state index in [1.165, 1.54) is 13.2 Å². The molecule has 11 heteroatoms. The Kier molecular flexibility index (Phi) is 5.32. The van der Waals surface area contributed by atoms with E-state index in [0.717, 1.165) is 5.56 Å². The van der Waals surface area contributed by atoms with Gasteiger partial charge < -0.3 is 10.1 Å². The van der Waals surface area contributed by atoms with Crippen LogP contribution in [0.15, 0.2) is 30.3 Å². The van der Waals surface area contributed by atoms with Crippen LogP contribution in [0.2, 0.25) is 5.02 Å². The molecule has 28 heavy (non-hydrogen) atoms. The molecule has 0 aliphatic carbocycles. The number of H-pyrrole nitrogens is 1.